The van der Waals surface area contributed by atoms with E-state index in [2.05, 4.69) is 33.0 Å². The van der Waals surface area contributed by atoms with Crippen LogP contribution in [0.4, 0.5) is 5.69 Å². The van der Waals surface area contributed by atoms with E-state index in [1.807, 2.05) is 24.5 Å². The smallest absolute Gasteiger partial charge is 0.118 e. The molecule has 4 rings (SSSR count). The van der Waals surface area contributed by atoms with Gasteiger partial charge in [-0.2, -0.15) is 0 Å². The van der Waals surface area contributed by atoms with Gasteiger partial charge in [0, 0.05) is 37.4 Å². The van der Waals surface area contributed by atoms with Gasteiger partial charge in [-0.05, 0) is 49.6 Å². The van der Waals surface area contributed by atoms with Gasteiger partial charge in [0.1, 0.15) is 5.75 Å². The summed E-state index contributed by atoms with van der Waals surface area (Å²) in [5, 5.41) is 0. The maximum Gasteiger partial charge on any atom is 0.118 e. The number of fused-ring (bicyclic) bond motifs is 3. The van der Waals surface area contributed by atoms with E-state index >= 15 is 0 Å². The third-order valence-corrected chi connectivity index (χ3v) is 5.37. The molecule has 0 radical (unpaired) electrons. The van der Waals surface area contributed by atoms with Crippen LogP contribution in [0.1, 0.15) is 19.3 Å². The second-order valence-electron chi connectivity index (χ2n) is 6.78. The average Bonchev–Trinajstić information content (AvgIpc) is 2.98. The monoisotopic (exact) mass is 323 g/mol. The summed E-state index contributed by atoms with van der Waals surface area (Å²) >= 11 is 0. The van der Waals surface area contributed by atoms with E-state index < -0.39 is 0 Å². The lowest BCUT2D eigenvalue weighted by Gasteiger charge is -2.33. The van der Waals surface area contributed by atoms with Crippen molar-refractivity contribution in [1.29, 1.82) is 0 Å². The molecule has 4 heteroatoms. The Bertz CT molecular complexity index is 686. The van der Waals surface area contributed by atoms with E-state index in [0.717, 1.165) is 12.3 Å². The van der Waals surface area contributed by atoms with Gasteiger partial charge in [0.25, 0.3) is 0 Å². The first-order valence-corrected chi connectivity index (χ1v) is 8.92. The summed E-state index contributed by atoms with van der Waals surface area (Å²) in [6.07, 6.45) is 7.86. The van der Waals surface area contributed by atoms with Gasteiger partial charge in [-0.15, -0.1) is 0 Å². The van der Waals surface area contributed by atoms with Gasteiger partial charge >= 0.3 is 0 Å². The molecule has 1 aromatic heterocycles. The normalized spacial score (nSPS) is 23.6. The van der Waals surface area contributed by atoms with Gasteiger partial charge < -0.3 is 14.5 Å². The first kappa shape index (κ1) is 15.5. The van der Waals surface area contributed by atoms with Crippen LogP contribution in [0.2, 0.25) is 0 Å². The van der Waals surface area contributed by atoms with E-state index in [4.69, 9.17) is 4.74 Å². The van der Waals surface area contributed by atoms with Crippen LogP contribution >= 0.6 is 0 Å². The largest absolute Gasteiger partial charge is 0.497 e. The van der Waals surface area contributed by atoms with Crippen molar-refractivity contribution in [3.8, 4) is 16.9 Å². The van der Waals surface area contributed by atoms with Crippen LogP contribution in [-0.2, 0) is 0 Å². The molecule has 0 spiro atoms. The van der Waals surface area contributed by atoms with Crippen molar-refractivity contribution >= 4 is 5.69 Å². The number of hydrogen-bond donors (Lipinski definition) is 0. The highest BCUT2D eigenvalue weighted by molar-refractivity contribution is 5.68. The fourth-order valence-corrected chi connectivity index (χ4v) is 3.97. The fraction of sp³-hybridized carbons (Fsp3) is 0.450. The standard InChI is InChI=1S/C20H25N3O/c1-24-20-6-4-16(5-7-20)17-13-19(15-21-14-17)23-12-11-22-9-2-3-18(23)8-10-22/h4-7,13-15,18H,2-3,8-12H2,1H3. The van der Waals surface area contributed by atoms with Crippen molar-refractivity contribution in [3.05, 3.63) is 42.7 Å². The third kappa shape index (κ3) is 3.11. The van der Waals surface area contributed by atoms with Crippen molar-refractivity contribution < 1.29 is 4.74 Å². The lowest BCUT2D eigenvalue weighted by Crippen LogP contribution is -2.39. The molecular weight excluding hydrogens is 298 g/mol. The number of methoxy groups -OCH3 is 1. The van der Waals surface area contributed by atoms with Crippen LogP contribution in [0.15, 0.2) is 42.7 Å². The summed E-state index contributed by atoms with van der Waals surface area (Å²) in [6, 6.07) is 11.2. The summed E-state index contributed by atoms with van der Waals surface area (Å²) in [5.41, 5.74) is 3.62. The first-order valence-electron chi connectivity index (χ1n) is 8.92. The molecular formula is C20H25N3O. The van der Waals surface area contributed by atoms with Crippen LogP contribution in [0.25, 0.3) is 11.1 Å². The Labute approximate surface area is 144 Å². The number of benzene rings is 1. The summed E-state index contributed by atoms with van der Waals surface area (Å²) in [4.78, 5) is 9.72. The molecule has 2 saturated heterocycles. The highest BCUT2D eigenvalue weighted by Crippen LogP contribution is 2.29. The molecule has 2 bridgehead atoms. The zero-order valence-corrected chi connectivity index (χ0v) is 14.3. The molecule has 0 saturated carbocycles. The van der Waals surface area contributed by atoms with Crippen LogP contribution < -0.4 is 9.64 Å². The molecule has 0 aliphatic carbocycles. The Morgan fingerprint density at radius 2 is 1.83 bits per heavy atom. The minimum atomic E-state index is 0.658. The molecule has 2 aliphatic rings. The third-order valence-electron chi connectivity index (χ3n) is 5.37. The molecule has 1 aromatic carbocycles. The van der Waals surface area contributed by atoms with Gasteiger partial charge in [0.2, 0.25) is 0 Å². The van der Waals surface area contributed by atoms with Gasteiger partial charge in [-0.25, -0.2) is 0 Å². The Morgan fingerprint density at radius 3 is 2.67 bits per heavy atom. The predicted molar refractivity (Wildman–Crippen MR) is 97.7 cm³/mol. The zero-order chi connectivity index (χ0) is 16.4. The van der Waals surface area contributed by atoms with Crippen LogP contribution in [0, 0.1) is 0 Å². The maximum absolute atomic E-state index is 5.25. The van der Waals surface area contributed by atoms with E-state index in [9.17, 15) is 0 Å². The van der Waals surface area contributed by atoms with Crippen LogP contribution in [-0.4, -0.2) is 49.2 Å². The number of hydrogen-bond acceptors (Lipinski definition) is 4. The van der Waals surface area contributed by atoms with Crippen LogP contribution in [0.5, 0.6) is 5.75 Å². The second kappa shape index (κ2) is 6.81. The number of ether oxygens (including phenoxy) is 1. The topological polar surface area (TPSA) is 28.6 Å². The van der Waals surface area contributed by atoms with Crippen LogP contribution in [0.3, 0.4) is 0 Å². The van der Waals surface area contributed by atoms with Crippen molar-refractivity contribution in [1.82, 2.24) is 9.88 Å². The fourth-order valence-electron chi connectivity index (χ4n) is 3.97. The Morgan fingerprint density at radius 1 is 0.958 bits per heavy atom. The Hall–Kier alpha value is -2.07. The molecule has 3 heterocycles. The van der Waals surface area contributed by atoms with Gasteiger partial charge in [-0.3, -0.25) is 4.98 Å². The minimum Gasteiger partial charge on any atom is -0.497 e. The average molecular weight is 323 g/mol. The number of anilines is 1. The summed E-state index contributed by atoms with van der Waals surface area (Å²) in [6.45, 7) is 4.79. The van der Waals surface area contributed by atoms with E-state index in [1.165, 1.54) is 55.7 Å². The van der Waals surface area contributed by atoms with Crippen molar-refractivity contribution in [2.24, 2.45) is 0 Å². The van der Waals surface area contributed by atoms with Crippen molar-refractivity contribution in [2.45, 2.75) is 25.3 Å². The van der Waals surface area contributed by atoms with Gasteiger partial charge in [0.15, 0.2) is 0 Å². The number of nitrogens with zero attached hydrogens (tertiary/aromatic N) is 3. The lowest BCUT2D eigenvalue weighted by molar-refractivity contribution is 0.298. The van der Waals surface area contributed by atoms with E-state index in [0.29, 0.717) is 6.04 Å². The first-order chi connectivity index (χ1) is 11.8. The molecule has 126 valence electrons. The number of rotatable bonds is 3. The molecule has 24 heavy (non-hydrogen) atoms. The van der Waals surface area contributed by atoms with Crippen molar-refractivity contribution in [2.75, 3.05) is 38.2 Å². The molecule has 2 unspecified atom stereocenters. The summed E-state index contributed by atoms with van der Waals surface area (Å²) in [5.74, 6) is 0.887. The Kier molecular flexibility index (Phi) is 4.39. The SMILES string of the molecule is COc1ccc(-c2cncc(N3CCN4CCCC3CC4)c2)cc1. The number of aromatic nitrogens is 1. The Balaban J connectivity index is 1.61. The molecule has 2 aliphatic heterocycles. The molecule has 4 nitrogen and oxygen atoms in total. The summed E-state index contributed by atoms with van der Waals surface area (Å²) in [7, 11) is 1.70. The predicted octanol–water partition coefficient (Wildman–Crippen LogP) is 3.43. The number of pyridine rings is 1. The quantitative estimate of drug-likeness (QED) is 0.865. The maximum atomic E-state index is 5.25. The zero-order valence-electron chi connectivity index (χ0n) is 14.3. The molecule has 2 aromatic rings. The van der Waals surface area contributed by atoms with Crippen molar-refractivity contribution in [3.63, 3.8) is 0 Å². The van der Waals surface area contributed by atoms with Gasteiger partial charge in [-0.1, -0.05) is 12.1 Å². The highest BCUT2D eigenvalue weighted by atomic mass is 16.5. The molecule has 2 fully saturated rings. The molecule has 2 atom stereocenters. The van der Waals surface area contributed by atoms with E-state index in [1.54, 1.807) is 7.11 Å². The summed E-state index contributed by atoms with van der Waals surface area (Å²) < 4.78 is 5.25. The van der Waals surface area contributed by atoms with E-state index in [-0.39, 0.29) is 0 Å². The highest BCUT2D eigenvalue weighted by Gasteiger charge is 2.27. The minimum absolute atomic E-state index is 0.658. The molecule has 0 N–H and O–H groups in total. The second-order valence-corrected chi connectivity index (χ2v) is 6.78. The lowest BCUT2D eigenvalue weighted by atomic mass is 10.0. The van der Waals surface area contributed by atoms with Gasteiger partial charge in [0.05, 0.1) is 19.0 Å². The molecule has 0 amide bonds.